The third-order valence-electron chi connectivity index (χ3n) is 3.05. The van der Waals surface area contributed by atoms with Gasteiger partial charge in [-0.2, -0.15) is 0 Å². The third-order valence-corrected chi connectivity index (χ3v) is 3.05. The van der Waals surface area contributed by atoms with Crippen LogP contribution in [0.4, 0.5) is 4.79 Å². The van der Waals surface area contributed by atoms with Gasteiger partial charge >= 0.3 is 12.0 Å². The number of urea groups is 1. The second-order valence-corrected chi connectivity index (χ2v) is 4.76. The first-order valence-electron chi connectivity index (χ1n) is 6.59. The summed E-state index contributed by atoms with van der Waals surface area (Å²) in [5.41, 5.74) is 1.51. The molecule has 1 unspecified atom stereocenters. The zero-order chi connectivity index (χ0) is 15.3. The lowest BCUT2D eigenvalue weighted by atomic mass is 10.1. The Hall–Kier alpha value is -2.05. The highest BCUT2D eigenvalue weighted by molar-refractivity contribution is 5.82. The van der Waals surface area contributed by atoms with Crippen molar-refractivity contribution in [2.75, 3.05) is 0 Å². The molecule has 0 saturated heterocycles. The molecule has 1 aromatic rings. The number of aryl methyl sites for hydroxylation is 2. The SMILES string of the molecule is CCC[C@H](NC(=O)NC(C)c1c(C)noc1C)C(=O)O. The van der Waals surface area contributed by atoms with Crippen LogP contribution in [0, 0.1) is 13.8 Å². The van der Waals surface area contributed by atoms with Crippen LogP contribution in [0.15, 0.2) is 4.52 Å². The molecule has 0 fully saturated rings. The normalized spacial score (nSPS) is 13.6. The summed E-state index contributed by atoms with van der Waals surface area (Å²) in [7, 11) is 0. The van der Waals surface area contributed by atoms with Crippen LogP contribution >= 0.6 is 0 Å². The molecule has 2 atom stereocenters. The van der Waals surface area contributed by atoms with Crippen LogP contribution in [-0.2, 0) is 4.79 Å². The number of aliphatic carboxylic acids is 1. The number of carboxylic acids is 1. The van der Waals surface area contributed by atoms with E-state index in [0.29, 0.717) is 24.3 Å². The molecule has 0 bridgehead atoms. The highest BCUT2D eigenvalue weighted by Gasteiger charge is 2.22. The topological polar surface area (TPSA) is 104 Å². The quantitative estimate of drug-likeness (QED) is 0.739. The third kappa shape index (κ3) is 3.97. The van der Waals surface area contributed by atoms with E-state index in [4.69, 9.17) is 9.63 Å². The number of nitrogens with zero attached hydrogens (tertiary/aromatic N) is 1. The lowest BCUT2D eigenvalue weighted by Gasteiger charge is -2.18. The highest BCUT2D eigenvalue weighted by Crippen LogP contribution is 2.20. The van der Waals surface area contributed by atoms with Crippen molar-refractivity contribution in [3.05, 3.63) is 17.0 Å². The smallest absolute Gasteiger partial charge is 0.326 e. The van der Waals surface area contributed by atoms with E-state index in [2.05, 4.69) is 15.8 Å². The monoisotopic (exact) mass is 283 g/mol. The first kappa shape index (κ1) is 16.0. The van der Waals surface area contributed by atoms with Gasteiger partial charge in [0.2, 0.25) is 0 Å². The van der Waals surface area contributed by atoms with Gasteiger partial charge in [0.25, 0.3) is 0 Å². The van der Waals surface area contributed by atoms with Gasteiger partial charge in [-0.15, -0.1) is 0 Å². The second-order valence-electron chi connectivity index (χ2n) is 4.76. The zero-order valence-corrected chi connectivity index (χ0v) is 12.2. The number of carboxylic acid groups (broad SMARTS) is 1. The van der Waals surface area contributed by atoms with E-state index in [1.807, 2.05) is 6.92 Å². The number of nitrogens with one attached hydrogen (secondary N) is 2. The average molecular weight is 283 g/mol. The summed E-state index contributed by atoms with van der Waals surface area (Å²) in [4.78, 5) is 22.8. The van der Waals surface area contributed by atoms with Crippen molar-refractivity contribution >= 4 is 12.0 Å². The summed E-state index contributed by atoms with van der Waals surface area (Å²) in [5.74, 6) is -0.398. The van der Waals surface area contributed by atoms with Crippen molar-refractivity contribution < 1.29 is 19.2 Å². The largest absolute Gasteiger partial charge is 0.480 e. The van der Waals surface area contributed by atoms with E-state index < -0.39 is 18.0 Å². The number of aromatic nitrogens is 1. The molecule has 0 aliphatic rings. The molecule has 3 N–H and O–H groups in total. The number of carbonyl (C=O) groups is 2. The number of rotatable bonds is 6. The lowest BCUT2D eigenvalue weighted by Crippen LogP contribution is -2.46. The molecule has 7 heteroatoms. The summed E-state index contributed by atoms with van der Waals surface area (Å²) in [6, 6.07) is -1.70. The molecule has 0 radical (unpaired) electrons. The van der Waals surface area contributed by atoms with Crippen molar-refractivity contribution in [3.8, 4) is 0 Å². The first-order valence-corrected chi connectivity index (χ1v) is 6.59. The van der Waals surface area contributed by atoms with Crippen LogP contribution in [-0.4, -0.2) is 28.3 Å². The minimum Gasteiger partial charge on any atom is -0.480 e. The summed E-state index contributed by atoms with van der Waals surface area (Å²) < 4.78 is 5.04. The van der Waals surface area contributed by atoms with E-state index in [-0.39, 0.29) is 6.04 Å². The van der Waals surface area contributed by atoms with Gasteiger partial charge in [0.05, 0.1) is 11.7 Å². The maximum absolute atomic E-state index is 11.8. The van der Waals surface area contributed by atoms with Gasteiger partial charge < -0.3 is 20.3 Å². The molecule has 1 rings (SSSR count). The van der Waals surface area contributed by atoms with E-state index in [9.17, 15) is 9.59 Å². The maximum Gasteiger partial charge on any atom is 0.326 e. The van der Waals surface area contributed by atoms with Gasteiger partial charge in [0.1, 0.15) is 11.8 Å². The fraction of sp³-hybridized carbons (Fsp3) is 0.615. The Kier molecular flexibility index (Phi) is 5.54. The average Bonchev–Trinajstić information content (AvgIpc) is 2.68. The molecule has 2 amide bonds. The van der Waals surface area contributed by atoms with Crippen LogP contribution in [0.3, 0.4) is 0 Å². The van der Waals surface area contributed by atoms with Crippen LogP contribution in [0.1, 0.15) is 49.7 Å². The highest BCUT2D eigenvalue weighted by atomic mass is 16.5. The minimum atomic E-state index is -1.04. The molecule has 7 nitrogen and oxygen atoms in total. The van der Waals surface area contributed by atoms with Crippen LogP contribution < -0.4 is 10.6 Å². The zero-order valence-electron chi connectivity index (χ0n) is 12.2. The van der Waals surface area contributed by atoms with Gasteiger partial charge in [-0.25, -0.2) is 9.59 Å². The van der Waals surface area contributed by atoms with Crippen molar-refractivity contribution in [1.82, 2.24) is 15.8 Å². The summed E-state index contributed by atoms with van der Waals surface area (Å²) in [5, 5.41) is 18.0. The standard InChI is InChI=1S/C13H21N3O4/c1-5-6-10(12(17)18)15-13(19)14-7(2)11-8(3)16-20-9(11)4/h7,10H,5-6H2,1-4H3,(H,17,18)(H2,14,15,19)/t7?,10-/m0/s1. The van der Waals surface area contributed by atoms with Crippen LogP contribution in [0.2, 0.25) is 0 Å². The second kappa shape index (κ2) is 6.93. The van der Waals surface area contributed by atoms with Crippen LogP contribution in [0.25, 0.3) is 0 Å². The van der Waals surface area contributed by atoms with E-state index in [1.54, 1.807) is 20.8 Å². The molecule has 0 spiro atoms. The van der Waals surface area contributed by atoms with Crippen molar-refractivity contribution in [2.24, 2.45) is 0 Å². The van der Waals surface area contributed by atoms with E-state index >= 15 is 0 Å². The molecule has 0 aliphatic heterocycles. The van der Waals surface area contributed by atoms with Crippen molar-refractivity contribution in [2.45, 2.75) is 52.6 Å². The number of amides is 2. The van der Waals surface area contributed by atoms with Gasteiger partial charge in [-0.05, 0) is 27.2 Å². The lowest BCUT2D eigenvalue weighted by molar-refractivity contribution is -0.139. The Balaban J connectivity index is 2.64. The number of carbonyl (C=O) groups excluding carboxylic acids is 1. The Morgan fingerprint density at radius 3 is 2.45 bits per heavy atom. The Bertz CT molecular complexity index is 464. The van der Waals surface area contributed by atoms with Crippen molar-refractivity contribution in [3.63, 3.8) is 0 Å². The molecule has 0 aliphatic carbocycles. The molecule has 1 aromatic heterocycles. The predicted octanol–water partition coefficient (Wildman–Crippen LogP) is 1.90. The van der Waals surface area contributed by atoms with Crippen molar-refractivity contribution in [1.29, 1.82) is 0 Å². The Labute approximate surface area is 117 Å². The minimum absolute atomic E-state index is 0.308. The summed E-state index contributed by atoms with van der Waals surface area (Å²) >= 11 is 0. The molecule has 0 aromatic carbocycles. The fourth-order valence-electron chi connectivity index (χ4n) is 2.12. The molecule has 20 heavy (non-hydrogen) atoms. The Morgan fingerprint density at radius 2 is 2.00 bits per heavy atom. The van der Waals surface area contributed by atoms with Gasteiger partial charge in [-0.3, -0.25) is 0 Å². The fourth-order valence-corrected chi connectivity index (χ4v) is 2.12. The van der Waals surface area contributed by atoms with Gasteiger partial charge in [0, 0.05) is 5.56 Å². The van der Waals surface area contributed by atoms with Gasteiger partial charge in [-0.1, -0.05) is 18.5 Å². The summed E-state index contributed by atoms with van der Waals surface area (Å²) in [6.07, 6.45) is 1.07. The predicted molar refractivity (Wildman–Crippen MR) is 72.4 cm³/mol. The molecule has 1 heterocycles. The number of hydrogen-bond donors (Lipinski definition) is 3. The molecule has 0 saturated carbocycles. The molecular formula is C13H21N3O4. The van der Waals surface area contributed by atoms with E-state index in [1.165, 1.54) is 0 Å². The van der Waals surface area contributed by atoms with E-state index in [0.717, 1.165) is 5.56 Å². The maximum atomic E-state index is 11.8. The first-order chi connectivity index (χ1) is 9.36. The molecule has 112 valence electrons. The Morgan fingerprint density at radius 1 is 1.35 bits per heavy atom. The number of hydrogen-bond acceptors (Lipinski definition) is 4. The summed E-state index contributed by atoms with van der Waals surface area (Å²) in [6.45, 7) is 7.21. The van der Waals surface area contributed by atoms with Gasteiger partial charge in [0.15, 0.2) is 0 Å². The molecular weight excluding hydrogens is 262 g/mol. The van der Waals surface area contributed by atoms with Crippen LogP contribution in [0.5, 0.6) is 0 Å².